The summed E-state index contributed by atoms with van der Waals surface area (Å²) in [4.78, 5) is 22.1. The minimum Gasteiger partial charge on any atom is -0.465 e. The Balaban J connectivity index is 0.00000144. The second kappa shape index (κ2) is 4.51. The normalized spacial score (nSPS) is 8.69. The van der Waals surface area contributed by atoms with E-state index in [-0.39, 0.29) is 12.4 Å². The van der Waals surface area contributed by atoms with Gasteiger partial charge < -0.3 is 5.11 Å². The summed E-state index contributed by atoms with van der Waals surface area (Å²) in [5.74, 6) is 0. The van der Waals surface area contributed by atoms with Crippen LogP contribution in [0.4, 0.5) is 9.59 Å². The van der Waals surface area contributed by atoms with Crippen LogP contribution in [0, 0.1) is 0 Å². The molecule has 0 aromatic carbocycles. The highest BCUT2D eigenvalue weighted by atomic mass is 35.5. The van der Waals surface area contributed by atoms with E-state index in [1.165, 1.54) is 24.0 Å². The number of nitrogens with zero attached hydrogens (tertiary/aromatic N) is 2. The van der Waals surface area contributed by atoms with Crippen LogP contribution in [0.5, 0.6) is 0 Å². The molecular formula is C7H9ClN2O3. The Labute approximate surface area is 81.0 Å². The summed E-state index contributed by atoms with van der Waals surface area (Å²) in [6, 6.07) is 2.70. The smallest absolute Gasteiger partial charge is 0.415 e. The second-order valence-electron chi connectivity index (χ2n) is 2.21. The zero-order chi connectivity index (χ0) is 9.14. The van der Waals surface area contributed by atoms with Gasteiger partial charge in [0, 0.05) is 19.4 Å². The molecule has 0 saturated carbocycles. The Morgan fingerprint density at radius 2 is 1.77 bits per heavy atom. The average molecular weight is 205 g/mol. The lowest BCUT2D eigenvalue weighted by atomic mass is 10.7. The standard InChI is InChI=1S/C7H8N2O3.ClH/c1-8(7(11)12)6(10)9-4-2-3-5-9;/h2-5H,1H3,(H,11,12);1H. The number of carbonyl (C=O) groups is 2. The van der Waals surface area contributed by atoms with Gasteiger partial charge in [0.1, 0.15) is 0 Å². The molecule has 0 aliphatic rings. The van der Waals surface area contributed by atoms with E-state index in [0.29, 0.717) is 4.90 Å². The molecule has 0 aliphatic heterocycles. The summed E-state index contributed by atoms with van der Waals surface area (Å²) < 4.78 is 1.19. The minimum absolute atomic E-state index is 0. The number of rotatable bonds is 0. The average Bonchev–Trinajstić information content (AvgIpc) is 2.53. The van der Waals surface area contributed by atoms with Crippen molar-refractivity contribution in [3.63, 3.8) is 0 Å². The predicted molar refractivity (Wildman–Crippen MR) is 48.3 cm³/mol. The molecule has 0 spiro atoms. The molecule has 1 heterocycles. The molecule has 13 heavy (non-hydrogen) atoms. The van der Waals surface area contributed by atoms with Gasteiger partial charge in [0.15, 0.2) is 0 Å². The van der Waals surface area contributed by atoms with Crippen LogP contribution in [0.25, 0.3) is 0 Å². The van der Waals surface area contributed by atoms with Gasteiger partial charge in [-0.3, -0.25) is 4.57 Å². The lowest BCUT2D eigenvalue weighted by molar-refractivity contribution is 0.157. The Bertz CT molecular complexity index is 297. The van der Waals surface area contributed by atoms with Gasteiger partial charge in [-0.2, -0.15) is 0 Å². The summed E-state index contributed by atoms with van der Waals surface area (Å²) in [6.45, 7) is 0. The number of hydrogen-bond donors (Lipinski definition) is 1. The van der Waals surface area contributed by atoms with Crippen molar-refractivity contribution in [1.29, 1.82) is 0 Å². The number of carbonyl (C=O) groups excluding carboxylic acids is 1. The van der Waals surface area contributed by atoms with E-state index in [1.54, 1.807) is 12.1 Å². The van der Waals surface area contributed by atoms with E-state index in [4.69, 9.17) is 5.11 Å². The number of aromatic nitrogens is 1. The van der Waals surface area contributed by atoms with Gasteiger partial charge in [-0.05, 0) is 12.1 Å². The van der Waals surface area contributed by atoms with Crippen molar-refractivity contribution in [1.82, 2.24) is 9.47 Å². The van der Waals surface area contributed by atoms with Gasteiger partial charge in [0.25, 0.3) is 0 Å². The molecule has 1 N–H and O–H groups in total. The van der Waals surface area contributed by atoms with E-state index in [0.717, 1.165) is 0 Å². The molecule has 1 aromatic rings. The fourth-order valence-electron chi connectivity index (χ4n) is 0.717. The fourth-order valence-corrected chi connectivity index (χ4v) is 0.717. The largest absolute Gasteiger partial charge is 0.465 e. The van der Waals surface area contributed by atoms with Crippen molar-refractivity contribution in [3.05, 3.63) is 24.5 Å². The quantitative estimate of drug-likeness (QED) is 0.697. The van der Waals surface area contributed by atoms with E-state index >= 15 is 0 Å². The summed E-state index contributed by atoms with van der Waals surface area (Å²) in [6.07, 6.45) is 1.71. The van der Waals surface area contributed by atoms with Crippen LogP contribution in [0.2, 0.25) is 0 Å². The molecule has 0 radical (unpaired) electrons. The molecular weight excluding hydrogens is 196 g/mol. The third kappa shape index (κ3) is 2.48. The van der Waals surface area contributed by atoms with Gasteiger partial charge in [0.2, 0.25) is 0 Å². The number of imide groups is 1. The van der Waals surface area contributed by atoms with Crippen LogP contribution in [0.15, 0.2) is 24.5 Å². The molecule has 72 valence electrons. The SMILES string of the molecule is CN(C(=O)O)C(=O)n1cccc1.Cl. The van der Waals surface area contributed by atoms with Crippen LogP contribution in [-0.4, -0.2) is 33.7 Å². The summed E-state index contributed by atoms with van der Waals surface area (Å²) in [7, 11) is 1.20. The summed E-state index contributed by atoms with van der Waals surface area (Å²) in [5, 5.41) is 8.44. The molecule has 0 unspecified atom stereocenters. The van der Waals surface area contributed by atoms with Gasteiger partial charge in [0.05, 0.1) is 0 Å². The first-order chi connectivity index (χ1) is 5.63. The third-order valence-corrected chi connectivity index (χ3v) is 1.40. The monoisotopic (exact) mass is 204 g/mol. The van der Waals surface area contributed by atoms with Crippen LogP contribution in [0.1, 0.15) is 0 Å². The van der Waals surface area contributed by atoms with Crippen LogP contribution in [0.3, 0.4) is 0 Å². The molecule has 1 aromatic heterocycles. The zero-order valence-electron chi connectivity index (χ0n) is 6.88. The molecule has 0 bridgehead atoms. The van der Waals surface area contributed by atoms with E-state index in [1.807, 2.05) is 0 Å². The van der Waals surface area contributed by atoms with E-state index < -0.39 is 12.1 Å². The minimum atomic E-state index is -1.27. The highest BCUT2D eigenvalue weighted by molar-refractivity contribution is 5.90. The lowest BCUT2D eigenvalue weighted by Gasteiger charge is -2.10. The molecule has 2 amide bonds. The first kappa shape index (κ1) is 11.5. The summed E-state index contributed by atoms with van der Waals surface area (Å²) >= 11 is 0. The molecule has 5 nitrogen and oxygen atoms in total. The second-order valence-corrected chi connectivity index (χ2v) is 2.21. The Morgan fingerprint density at radius 1 is 1.31 bits per heavy atom. The van der Waals surface area contributed by atoms with Crippen molar-refractivity contribution < 1.29 is 14.7 Å². The van der Waals surface area contributed by atoms with Gasteiger partial charge in [-0.15, -0.1) is 12.4 Å². The summed E-state index contributed by atoms with van der Waals surface area (Å²) in [5.41, 5.74) is 0. The van der Waals surface area contributed by atoms with E-state index in [2.05, 4.69) is 0 Å². The van der Waals surface area contributed by atoms with E-state index in [9.17, 15) is 9.59 Å². The first-order valence-corrected chi connectivity index (χ1v) is 3.27. The van der Waals surface area contributed by atoms with Gasteiger partial charge in [-0.25, -0.2) is 14.5 Å². The highest BCUT2D eigenvalue weighted by Crippen LogP contribution is 1.95. The first-order valence-electron chi connectivity index (χ1n) is 3.27. The Morgan fingerprint density at radius 3 is 2.15 bits per heavy atom. The Hall–Kier alpha value is -1.49. The molecule has 0 fully saturated rings. The number of carboxylic acid groups (broad SMARTS) is 1. The maximum Gasteiger partial charge on any atom is 0.415 e. The zero-order valence-corrected chi connectivity index (χ0v) is 7.69. The topological polar surface area (TPSA) is 62.5 Å². The van der Waals surface area contributed by atoms with Crippen molar-refractivity contribution in [2.75, 3.05) is 7.05 Å². The highest BCUT2D eigenvalue weighted by Gasteiger charge is 2.15. The van der Waals surface area contributed by atoms with Crippen molar-refractivity contribution in [3.8, 4) is 0 Å². The van der Waals surface area contributed by atoms with Crippen LogP contribution < -0.4 is 0 Å². The number of hydrogen-bond acceptors (Lipinski definition) is 2. The van der Waals surface area contributed by atoms with Gasteiger partial charge >= 0.3 is 12.1 Å². The maximum atomic E-state index is 11.2. The fraction of sp³-hybridized carbons (Fsp3) is 0.143. The third-order valence-electron chi connectivity index (χ3n) is 1.40. The number of halogens is 1. The van der Waals surface area contributed by atoms with Crippen molar-refractivity contribution in [2.24, 2.45) is 0 Å². The molecule has 1 rings (SSSR count). The van der Waals surface area contributed by atoms with Crippen LogP contribution >= 0.6 is 12.4 Å². The molecule has 0 atom stereocenters. The predicted octanol–water partition coefficient (Wildman–Crippen LogP) is 1.49. The van der Waals surface area contributed by atoms with Gasteiger partial charge in [-0.1, -0.05) is 0 Å². The van der Waals surface area contributed by atoms with Crippen molar-refractivity contribution >= 4 is 24.5 Å². The van der Waals surface area contributed by atoms with Crippen LogP contribution in [-0.2, 0) is 0 Å². The maximum absolute atomic E-state index is 11.2. The molecule has 0 aliphatic carbocycles. The Kier molecular flexibility index (Phi) is 4.00. The molecule has 6 heteroatoms. The lowest BCUT2D eigenvalue weighted by Crippen LogP contribution is -2.34. The molecule has 0 saturated heterocycles. The van der Waals surface area contributed by atoms with Crippen molar-refractivity contribution in [2.45, 2.75) is 0 Å². The number of amides is 2.